The molecule has 9 nitrogen and oxygen atoms in total. The van der Waals surface area contributed by atoms with Gasteiger partial charge >= 0.3 is 0 Å². The van der Waals surface area contributed by atoms with E-state index in [4.69, 9.17) is 9.47 Å². The summed E-state index contributed by atoms with van der Waals surface area (Å²) in [6.45, 7) is 21.6. The fourth-order valence-corrected chi connectivity index (χ4v) is 10.1. The number of nitrogens with zero attached hydrogens (tertiary/aromatic N) is 1. The van der Waals surface area contributed by atoms with Crippen LogP contribution in [0.15, 0.2) is 42.5 Å². The summed E-state index contributed by atoms with van der Waals surface area (Å²) >= 11 is 1.50. The van der Waals surface area contributed by atoms with Gasteiger partial charge in [-0.3, -0.25) is 4.79 Å². The van der Waals surface area contributed by atoms with Crippen LogP contribution < -0.4 is 5.32 Å². The molecule has 1 heterocycles. The predicted octanol–water partition coefficient (Wildman–Crippen LogP) is 8.16. The number of carbonyl (C=O) groups excluding carboxylic acids is 2. The lowest BCUT2D eigenvalue weighted by atomic mass is 9.80. The molecule has 55 heavy (non-hydrogen) atoms. The molecule has 12 atom stereocenters. The number of fused-ring (bicyclic) bond motifs is 1. The highest BCUT2D eigenvalue weighted by molar-refractivity contribution is 7.97. The number of ether oxygens (including phenoxy) is 2. The highest BCUT2D eigenvalue weighted by Crippen LogP contribution is 2.36. The van der Waals surface area contributed by atoms with E-state index in [1.165, 1.54) is 11.9 Å². The monoisotopic (exact) mass is 787 g/mol. The second kappa shape index (κ2) is 22.8. The molecule has 3 rings (SSSR count). The Morgan fingerprint density at radius 3 is 2.36 bits per heavy atom. The van der Waals surface area contributed by atoms with E-state index in [0.29, 0.717) is 25.6 Å². The maximum absolute atomic E-state index is 13.2. The number of amides is 1. The van der Waals surface area contributed by atoms with Gasteiger partial charge < -0.3 is 34.9 Å². The van der Waals surface area contributed by atoms with E-state index in [1.807, 2.05) is 45.9 Å². The fourth-order valence-electron chi connectivity index (χ4n) is 8.70. The smallest absolute Gasteiger partial charge is 0.221 e. The van der Waals surface area contributed by atoms with E-state index in [9.17, 15) is 24.9 Å². The van der Waals surface area contributed by atoms with Gasteiger partial charge in [0.05, 0.1) is 30.0 Å². The van der Waals surface area contributed by atoms with Gasteiger partial charge in [0.15, 0.2) is 6.29 Å². The first-order valence-corrected chi connectivity index (χ1v) is 21.9. The zero-order valence-corrected chi connectivity index (χ0v) is 36.3. The standard InChI is InChI=1S/C45H74N2O7S/c1-11-35-23-32(7)53-41(25-35)54-43(33(8)42(50)31(6)28-48)30(5)22-29(4)27-47(55-34(9)44(51)45(10,52)39(12-2)13-3)21-20-40(49)46-26-36-18-19-37-16-14-15-17-38(37)24-36/h14-19,24,28-35,39,41-44,50-52H,11-13,20-23,25-27H2,1-10H3,(H,46,49)/t29-,30+,31?,32?,33+,34?,35?,41?,42-,43+,44?,45+/m1/s1. The Morgan fingerprint density at radius 2 is 1.73 bits per heavy atom. The van der Waals surface area contributed by atoms with Crippen LogP contribution in [0.3, 0.4) is 0 Å². The molecule has 0 spiro atoms. The Bertz CT molecular complexity index is 1440. The van der Waals surface area contributed by atoms with Crippen molar-refractivity contribution in [2.24, 2.45) is 35.5 Å². The largest absolute Gasteiger partial charge is 0.392 e. The normalized spacial score (nSPS) is 23.4. The van der Waals surface area contributed by atoms with E-state index >= 15 is 0 Å². The Balaban J connectivity index is 1.75. The van der Waals surface area contributed by atoms with Gasteiger partial charge in [0.1, 0.15) is 6.29 Å². The van der Waals surface area contributed by atoms with Gasteiger partial charge in [0.2, 0.25) is 5.91 Å². The molecule has 2 aromatic carbocycles. The van der Waals surface area contributed by atoms with Crippen LogP contribution in [0.5, 0.6) is 0 Å². The van der Waals surface area contributed by atoms with Gasteiger partial charge in [-0.05, 0) is 79.7 Å². The maximum Gasteiger partial charge on any atom is 0.221 e. The molecule has 1 saturated heterocycles. The molecular weight excluding hydrogens is 713 g/mol. The molecule has 6 unspecified atom stereocenters. The van der Waals surface area contributed by atoms with Crippen molar-refractivity contribution in [2.45, 2.75) is 162 Å². The summed E-state index contributed by atoms with van der Waals surface area (Å²) in [7, 11) is 0. The molecule has 2 aromatic rings. The van der Waals surface area contributed by atoms with Gasteiger partial charge in [-0.2, -0.15) is 0 Å². The van der Waals surface area contributed by atoms with Crippen molar-refractivity contribution in [3.05, 3.63) is 48.0 Å². The molecule has 1 aliphatic heterocycles. The number of aldehydes is 1. The van der Waals surface area contributed by atoms with E-state index < -0.39 is 23.7 Å². The first-order valence-electron chi connectivity index (χ1n) is 21.0. The van der Waals surface area contributed by atoms with Crippen molar-refractivity contribution >= 4 is 34.9 Å². The third kappa shape index (κ3) is 14.1. The zero-order chi connectivity index (χ0) is 40.9. The van der Waals surface area contributed by atoms with E-state index in [-0.39, 0.29) is 59.7 Å². The fraction of sp³-hybridized carbons (Fsp3) is 0.733. The first-order chi connectivity index (χ1) is 26.0. The summed E-state index contributed by atoms with van der Waals surface area (Å²) in [5, 5.41) is 39.2. The Kier molecular flexibility index (Phi) is 19.6. The van der Waals surface area contributed by atoms with E-state index in [0.717, 1.165) is 61.1 Å². The van der Waals surface area contributed by atoms with E-state index in [1.54, 1.807) is 13.8 Å². The van der Waals surface area contributed by atoms with Crippen LogP contribution in [-0.4, -0.2) is 86.5 Å². The van der Waals surface area contributed by atoms with Crippen LogP contribution in [0, 0.1) is 35.5 Å². The third-order valence-electron chi connectivity index (χ3n) is 12.2. The van der Waals surface area contributed by atoms with Crippen molar-refractivity contribution in [3.63, 3.8) is 0 Å². The highest BCUT2D eigenvalue weighted by Gasteiger charge is 2.41. The number of hydrogen-bond acceptors (Lipinski definition) is 9. The Morgan fingerprint density at radius 1 is 1.05 bits per heavy atom. The zero-order valence-electron chi connectivity index (χ0n) is 35.4. The summed E-state index contributed by atoms with van der Waals surface area (Å²) < 4.78 is 15.2. The van der Waals surface area contributed by atoms with Crippen LogP contribution in [0.25, 0.3) is 10.8 Å². The van der Waals surface area contributed by atoms with Crippen LogP contribution in [0.2, 0.25) is 0 Å². The Labute approximate surface area is 336 Å². The van der Waals surface area contributed by atoms with Gasteiger partial charge in [0, 0.05) is 49.6 Å². The van der Waals surface area contributed by atoms with Gasteiger partial charge in [-0.15, -0.1) is 0 Å². The minimum atomic E-state index is -1.26. The number of carbonyl (C=O) groups is 2. The molecule has 1 fully saturated rings. The second-order valence-corrected chi connectivity index (χ2v) is 18.4. The van der Waals surface area contributed by atoms with Crippen molar-refractivity contribution in [1.82, 2.24) is 9.62 Å². The van der Waals surface area contributed by atoms with Crippen LogP contribution in [0.4, 0.5) is 0 Å². The van der Waals surface area contributed by atoms with Gasteiger partial charge in [0.25, 0.3) is 0 Å². The van der Waals surface area contributed by atoms with Crippen LogP contribution in [-0.2, 0) is 25.6 Å². The number of aliphatic hydroxyl groups excluding tert-OH is 2. The molecule has 0 aromatic heterocycles. The maximum atomic E-state index is 13.2. The van der Waals surface area contributed by atoms with Crippen LogP contribution in [0.1, 0.15) is 120 Å². The molecular formula is C45H74N2O7S. The number of aliphatic hydroxyl groups is 3. The minimum absolute atomic E-state index is 0.0233. The molecule has 312 valence electrons. The molecule has 1 amide bonds. The number of rotatable bonds is 24. The molecule has 0 bridgehead atoms. The van der Waals surface area contributed by atoms with Gasteiger partial charge in [-0.25, -0.2) is 4.31 Å². The molecule has 0 aliphatic carbocycles. The molecule has 10 heteroatoms. The lowest BCUT2D eigenvalue weighted by Gasteiger charge is -2.41. The summed E-state index contributed by atoms with van der Waals surface area (Å²) in [4.78, 5) is 24.9. The average Bonchev–Trinajstić information content (AvgIpc) is 3.16. The average molecular weight is 787 g/mol. The molecule has 4 N–H and O–H groups in total. The number of hydrogen-bond donors (Lipinski definition) is 4. The number of benzene rings is 2. The van der Waals surface area contributed by atoms with Crippen molar-refractivity contribution in [3.8, 4) is 0 Å². The second-order valence-electron chi connectivity index (χ2n) is 17.0. The third-order valence-corrected chi connectivity index (χ3v) is 13.4. The first kappa shape index (κ1) is 47.3. The topological polar surface area (TPSA) is 129 Å². The summed E-state index contributed by atoms with van der Waals surface area (Å²) in [5.74, 6) is -0.233. The lowest BCUT2D eigenvalue weighted by Crippen LogP contribution is -2.50. The summed E-state index contributed by atoms with van der Waals surface area (Å²) in [6.07, 6.45) is 3.80. The Hall–Kier alpha value is -2.05. The van der Waals surface area contributed by atoms with Crippen molar-refractivity contribution < 1.29 is 34.4 Å². The highest BCUT2D eigenvalue weighted by atomic mass is 32.2. The molecule has 0 saturated carbocycles. The van der Waals surface area contributed by atoms with Crippen molar-refractivity contribution in [2.75, 3.05) is 13.1 Å². The minimum Gasteiger partial charge on any atom is -0.392 e. The molecule has 1 aliphatic rings. The van der Waals surface area contributed by atoms with E-state index in [2.05, 4.69) is 61.6 Å². The van der Waals surface area contributed by atoms with Crippen LogP contribution >= 0.6 is 11.9 Å². The quantitative estimate of drug-likeness (QED) is 0.0616. The number of nitrogens with one attached hydrogen (secondary N) is 1. The summed E-state index contributed by atoms with van der Waals surface area (Å²) in [6, 6.07) is 14.4. The van der Waals surface area contributed by atoms with Crippen molar-refractivity contribution in [1.29, 1.82) is 0 Å². The molecule has 0 radical (unpaired) electrons. The summed E-state index contributed by atoms with van der Waals surface area (Å²) in [5.41, 5.74) is -0.215. The van der Waals surface area contributed by atoms with Gasteiger partial charge in [-0.1, -0.05) is 116 Å². The SMILES string of the molecule is CCC1CC(C)OC(O[C@H]([C@@H](C)[C@H](O)C(C)C=O)[C@@H](C)C[C@@H](C)CN(CCC(=O)NCc2ccc3ccccc3c2)SC(C)C(O)[C@@](C)(O)C(CC)CC)C1. The lowest BCUT2D eigenvalue weighted by molar-refractivity contribution is -0.243. The predicted molar refractivity (Wildman–Crippen MR) is 225 cm³/mol.